The van der Waals surface area contributed by atoms with Gasteiger partial charge < -0.3 is 11.1 Å². The maximum absolute atomic E-state index is 5.63. The van der Waals surface area contributed by atoms with Crippen molar-refractivity contribution in [3.63, 3.8) is 0 Å². The standard InChI is InChI=1S/C10H16N4/c1-6-12-8(11)4-9(13-6)14-7-5-10(7,2)3/h4,7H,5H2,1-3H3,(H3,11,12,13,14). The summed E-state index contributed by atoms with van der Waals surface area (Å²) in [7, 11) is 0. The summed E-state index contributed by atoms with van der Waals surface area (Å²) in [6.45, 7) is 6.32. The maximum Gasteiger partial charge on any atom is 0.132 e. The molecular formula is C10H16N4. The highest BCUT2D eigenvalue weighted by molar-refractivity contribution is 5.46. The summed E-state index contributed by atoms with van der Waals surface area (Å²) in [5, 5.41) is 3.36. The molecule has 0 amide bonds. The van der Waals surface area contributed by atoms with Gasteiger partial charge in [0.05, 0.1) is 0 Å². The quantitative estimate of drug-likeness (QED) is 0.746. The highest BCUT2D eigenvalue weighted by Crippen LogP contribution is 2.46. The number of aromatic nitrogens is 2. The predicted molar refractivity (Wildman–Crippen MR) is 57.0 cm³/mol. The molecule has 0 aromatic carbocycles. The van der Waals surface area contributed by atoms with E-state index in [0.29, 0.717) is 23.1 Å². The van der Waals surface area contributed by atoms with Gasteiger partial charge in [0.15, 0.2) is 0 Å². The zero-order valence-corrected chi connectivity index (χ0v) is 8.83. The first-order valence-corrected chi connectivity index (χ1v) is 4.85. The van der Waals surface area contributed by atoms with Crippen molar-refractivity contribution in [2.24, 2.45) is 5.41 Å². The molecule has 1 aromatic rings. The second-order valence-electron chi connectivity index (χ2n) is 4.61. The molecule has 4 heteroatoms. The monoisotopic (exact) mass is 192 g/mol. The molecule has 0 radical (unpaired) electrons. The summed E-state index contributed by atoms with van der Waals surface area (Å²) in [6, 6.07) is 2.30. The number of nitrogens with zero attached hydrogens (tertiary/aromatic N) is 2. The van der Waals surface area contributed by atoms with Crippen molar-refractivity contribution in [3.05, 3.63) is 11.9 Å². The molecule has 4 nitrogen and oxygen atoms in total. The second-order valence-corrected chi connectivity index (χ2v) is 4.61. The lowest BCUT2D eigenvalue weighted by molar-refractivity contribution is 0.629. The molecule has 0 spiro atoms. The number of nitrogens with one attached hydrogen (secondary N) is 1. The van der Waals surface area contributed by atoms with Crippen LogP contribution in [0.1, 0.15) is 26.1 Å². The summed E-state index contributed by atoms with van der Waals surface area (Å²) >= 11 is 0. The van der Waals surface area contributed by atoms with Crippen molar-refractivity contribution in [1.82, 2.24) is 9.97 Å². The Morgan fingerprint density at radius 3 is 2.64 bits per heavy atom. The lowest BCUT2D eigenvalue weighted by Crippen LogP contribution is -2.11. The Morgan fingerprint density at radius 1 is 1.50 bits per heavy atom. The van der Waals surface area contributed by atoms with E-state index in [1.807, 2.05) is 6.92 Å². The third-order valence-electron chi connectivity index (χ3n) is 2.69. The van der Waals surface area contributed by atoms with Crippen molar-refractivity contribution < 1.29 is 0 Å². The zero-order chi connectivity index (χ0) is 10.3. The number of nitrogens with two attached hydrogens (primary N) is 1. The van der Waals surface area contributed by atoms with Crippen LogP contribution in [0.25, 0.3) is 0 Å². The summed E-state index contributed by atoms with van der Waals surface area (Å²) < 4.78 is 0. The Balaban J connectivity index is 2.10. The van der Waals surface area contributed by atoms with Crippen molar-refractivity contribution in [1.29, 1.82) is 0 Å². The van der Waals surface area contributed by atoms with Gasteiger partial charge in [-0.3, -0.25) is 0 Å². The van der Waals surface area contributed by atoms with Crippen LogP contribution in [0.2, 0.25) is 0 Å². The molecule has 14 heavy (non-hydrogen) atoms. The zero-order valence-electron chi connectivity index (χ0n) is 8.83. The van der Waals surface area contributed by atoms with Crippen LogP contribution in [0.3, 0.4) is 0 Å². The normalized spacial score (nSPS) is 23.2. The molecule has 76 valence electrons. The minimum Gasteiger partial charge on any atom is -0.384 e. The molecule has 2 rings (SSSR count). The number of nitrogen functional groups attached to an aromatic ring is 1. The Morgan fingerprint density at radius 2 is 2.14 bits per heavy atom. The predicted octanol–water partition coefficient (Wildman–Crippen LogP) is 1.58. The van der Waals surface area contributed by atoms with Gasteiger partial charge in [0, 0.05) is 12.1 Å². The molecule has 1 unspecified atom stereocenters. The fourth-order valence-corrected chi connectivity index (χ4v) is 1.56. The van der Waals surface area contributed by atoms with E-state index in [1.54, 1.807) is 6.07 Å². The van der Waals surface area contributed by atoms with E-state index in [4.69, 9.17) is 5.73 Å². The van der Waals surface area contributed by atoms with Gasteiger partial charge in [0.1, 0.15) is 17.5 Å². The van der Waals surface area contributed by atoms with Crippen LogP contribution < -0.4 is 11.1 Å². The van der Waals surface area contributed by atoms with Crippen LogP contribution in [-0.2, 0) is 0 Å². The van der Waals surface area contributed by atoms with E-state index in [0.717, 1.165) is 5.82 Å². The third kappa shape index (κ3) is 1.78. The Hall–Kier alpha value is -1.32. The lowest BCUT2D eigenvalue weighted by atomic mass is 10.2. The fourth-order valence-electron chi connectivity index (χ4n) is 1.56. The van der Waals surface area contributed by atoms with E-state index in [9.17, 15) is 0 Å². The van der Waals surface area contributed by atoms with E-state index in [-0.39, 0.29) is 0 Å². The molecule has 0 saturated heterocycles. The van der Waals surface area contributed by atoms with Crippen LogP contribution in [0.4, 0.5) is 11.6 Å². The lowest BCUT2D eigenvalue weighted by Gasteiger charge is -2.08. The van der Waals surface area contributed by atoms with Crippen LogP contribution >= 0.6 is 0 Å². The van der Waals surface area contributed by atoms with Gasteiger partial charge in [0.25, 0.3) is 0 Å². The van der Waals surface area contributed by atoms with Gasteiger partial charge in [0.2, 0.25) is 0 Å². The van der Waals surface area contributed by atoms with Gasteiger partial charge in [-0.25, -0.2) is 9.97 Å². The third-order valence-corrected chi connectivity index (χ3v) is 2.69. The minimum atomic E-state index is 0.396. The number of hydrogen-bond donors (Lipinski definition) is 2. The largest absolute Gasteiger partial charge is 0.384 e. The first kappa shape index (κ1) is 9.24. The first-order chi connectivity index (χ1) is 6.47. The molecule has 1 fully saturated rings. The van der Waals surface area contributed by atoms with Crippen LogP contribution in [-0.4, -0.2) is 16.0 Å². The molecule has 1 heterocycles. The minimum absolute atomic E-state index is 0.396. The van der Waals surface area contributed by atoms with Crippen molar-refractivity contribution in [2.45, 2.75) is 33.2 Å². The van der Waals surface area contributed by atoms with Crippen LogP contribution in [0.5, 0.6) is 0 Å². The van der Waals surface area contributed by atoms with Gasteiger partial charge in [-0.15, -0.1) is 0 Å². The highest BCUT2D eigenvalue weighted by Gasteiger charge is 2.45. The molecule has 1 aliphatic carbocycles. The topological polar surface area (TPSA) is 63.8 Å². The molecule has 1 aromatic heterocycles. The smallest absolute Gasteiger partial charge is 0.132 e. The van der Waals surface area contributed by atoms with Crippen LogP contribution in [0, 0.1) is 12.3 Å². The average molecular weight is 192 g/mol. The number of anilines is 2. The Labute approximate surface area is 83.9 Å². The molecule has 3 N–H and O–H groups in total. The Kier molecular flexibility index (Phi) is 1.87. The maximum atomic E-state index is 5.63. The average Bonchev–Trinajstić information content (AvgIpc) is 2.55. The van der Waals surface area contributed by atoms with Gasteiger partial charge >= 0.3 is 0 Å². The summed E-state index contributed by atoms with van der Waals surface area (Å²) in [4.78, 5) is 8.30. The molecule has 1 aliphatic rings. The van der Waals surface area contributed by atoms with E-state index in [1.165, 1.54) is 6.42 Å². The van der Waals surface area contributed by atoms with Crippen molar-refractivity contribution >= 4 is 11.6 Å². The summed E-state index contributed by atoms with van der Waals surface area (Å²) in [6.07, 6.45) is 1.19. The molecule has 1 saturated carbocycles. The van der Waals surface area contributed by atoms with Gasteiger partial charge in [-0.2, -0.15) is 0 Å². The van der Waals surface area contributed by atoms with E-state index < -0.39 is 0 Å². The SMILES string of the molecule is Cc1nc(N)cc(NC2CC2(C)C)n1. The highest BCUT2D eigenvalue weighted by atomic mass is 15.1. The van der Waals surface area contributed by atoms with Crippen LogP contribution in [0.15, 0.2) is 6.07 Å². The fraction of sp³-hybridized carbons (Fsp3) is 0.600. The van der Waals surface area contributed by atoms with Gasteiger partial charge in [-0.05, 0) is 18.8 Å². The number of hydrogen-bond acceptors (Lipinski definition) is 4. The van der Waals surface area contributed by atoms with E-state index >= 15 is 0 Å². The summed E-state index contributed by atoms with van der Waals surface area (Å²) in [5.41, 5.74) is 6.03. The Bertz CT molecular complexity index is 339. The molecular weight excluding hydrogens is 176 g/mol. The molecule has 0 bridgehead atoms. The van der Waals surface area contributed by atoms with Crippen molar-refractivity contribution in [3.8, 4) is 0 Å². The molecule has 1 atom stereocenters. The number of aryl methyl sites for hydroxylation is 1. The van der Waals surface area contributed by atoms with Crippen molar-refractivity contribution in [2.75, 3.05) is 11.1 Å². The van der Waals surface area contributed by atoms with Gasteiger partial charge in [-0.1, -0.05) is 13.8 Å². The molecule has 0 aliphatic heterocycles. The second kappa shape index (κ2) is 2.83. The van der Waals surface area contributed by atoms with E-state index in [2.05, 4.69) is 29.1 Å². The summed E-state index contributed by atoms with van der Waals surface area (Å²) in [5.74, 6) is 2.08. The number of rotatable bonds is 2. The first-order valence-electron chi connectivity index (χ1n) is 4.85.